The molecule has 0 aromatic heterocycles. The van der Waals surface area contributed by atoms with Gasteiger partial charge in [-0.05, 0) is 37.9 Å². The molecule has 0 bridgehead atoms. The summed E-state index contributed by atoms with van der Waals surface area (Å²) in [6, 6.07) is 12.2. The SMILES string of the molecule is CCCCN(CC(NCC)c1ccccc1)C1CC1. The molecule has 19 heavy (non-hydrogen) atoms. The summed E-state index contributed by atoms with van der Waals surface area (Å²) in [5.74, 6) is 0. The van der Waals surface area contributed by atoms with Crippen molar-refractivity contribution >= 4 is 0 Å². The van der Waals surface area contributed by atoms with Gasteiger partial charge in [0.25, 0.3) is 0 Å². The molecule has 0 radical (unpaired) electrons. The number of nitrogens with one attached hydrogen (secondary N) is 1. The topological polar surface area (TPSA) is 15.3 Å². The molecule has 0 heterocycles. The smallest absolute Gasteiger partial charge is 0.0449 e. The van der Waals surface area contributed by atoms with Gasteiger partial charge in [-0.1, -0.05) is 50.6 Å². The van der Waals surface area contributed by atoms with Crippen molar-refractivity contribution in [2.45, 2.75) is 51.6 Å². The van der Waals surface area contributed by atoms with E-state index in [1.165, 1.54) is 37.8 Å². The maximum Gasteiger partial charge on any atom is 0.0449 e. The summed E-state index contributed by atoms with van der Waals surface area (Å²) < 4.78 is 0. The number of hydrogen-bond acceptors (Lipinski definition) is 2. The Morgan fingerprint density at radius 2 is 1.95 bits per heavy atom. The van der Waals surface area contributed by atoms with Crippen LogP contribution in [0.25, 0.3) is 0 Å². The third-order valence-electron chi connectivity index (χ3n) is 3.93. The Hall–Kier alpha value is -0.860. The number of hydrogen-bond donors (Lipinski definition) is 1. The summed E-state index contributed by atoms with van der Waals surface area (Å²) in [6.07, 6.45) is 5.42. The lowest BCUT2D eigenvalue weighted by Gasteiger charge is -2.28. The Bertz CT molecular complexity index is 346. The van der Waals surface area contributed by atoms with Crippen molar-refractivity contribution in [1.29, 1.82) is 0 Å². The Morgan fingerprint density at radius 1 is 1.21 bits per heavy atom. The van der Waals surface area contributed by atoms with Crippen LogP contribution in [0.4, 0.5) is 0 Å². The molecule has 1 unspecified atom stereocenters. The second-order valence-electron chi connectivity index (χ2n) is 5.60. The zero-order valence-corrected chi connectivity index (χ0v) is 12.4. The van der Waals surface area contributed by atoms with E-state index in [0.29, 0.717) is 6.04 Å². The van der Waals surface area contributed by atoms with Gasteiger partial charge in [0.05, 0.1) is 0 Å². The Kier molecular flexibility index (Phi) is 5.87. The van der Waals surface area contributed by atoms with Crippen LogP contribution in [0.3, 0.4) is 0 Å². The summed E-state index contributed by atoms with van der Waals surface area (Å²) in [4.78, 5) is 2.70. The standard InChI is InChI=1S/C17H28N2/c1-3-5-13-19(16-11-12-16)14-17(18-4-2)15-9-7-6-8-10-15/h6-10,16-18H,3-5,11-14H2,1-2H3. The molecule has 0 aliphatic heterocycles. The Balaban J connectivity index is 1.97. The van der Waals surface area contributed by atoms with Crippen LogP contribution in [0, 0.1) is 0 Å². The molecule has 1 aromatic rings. The summed E-state index contributed by atoms with van der Waals surface area (Å²) in [7, 11) is 0. The minimum atomic E-state index is 0.476. The van der Waals surface area contributed by atoms with Crippen LogP contribution in [0.2, 0.25) is 0 Å². The monoisotopic (exact) mass is 260 g/mol. The molecule has 0 amide bonds. The van der Waals surface area contributed by atoms with Gasteiger partial charge in [0.2, 0.25) is 0 Å². The first-order valence-electron chi connectivity index (χ1n) is 7.87. The highest BCUT2D eigenvalue weighted by Crippen LogP contribution is 2.29. The largest absolute Gasteiger partial charge is 0.309 e. The predicted molar refractivity (Wildman–Crippen MR) is 82.4 cm³/mol. The quantitative estimate of drug-likeness (QED) is 0.730. The van der Waals surface area contributed by atoms with Crippen LogP contribution in [0.5, 0.6) is 0 Å². The maximum absolute atomic E-state index is 3.65. The molecular weight excluding hydrogens is 232 g/mol. The molecule has 0 spiro atoms. The van der Waals surface area contributed by atoms with Crippen LogP contribution in [-0.4, -0.2) is 30.6 Å². The van der Waals surface area contributed by atoms with Crippen molar-refractivity contribution in [2.75, 3.05) is 19.6 Å². The minimum Gasteiger partial charge on any atom is -0.309 e. The summed E-state index contributed by atoms with van der Waals surface area (Å²) in [6.45, 7) is 7.93. The number of likely N-dealkylation sites (N-methyl/N-ethyl adjacent to an activating group) is 1. The van der Waals surface area contributed by atoms with Crippen LogP contribution < -0.4 is 5.32 Å². The van der Waals surface area contributed by atoms with E-state index in [1.807, 2.05) is 0 Å². The molecular formula is C17H28N2. The molecule has 1 saturated carbocycles. The van der Waals surface area contributed by atoms with Crippen LogP contribution in [0.1, 0.15) is 51.1 Å². The van der Waals surface area contributed by atoms with Crippen LogP contribution in [0.15, 0.2) is 30.3 Å². The third kappa shape index (κ3) is 4.63. The number of nitrogens with zero attached hydrogens (tertiary/aromatic N) is 1. The normalized spacial score (nSPS) is 16.8. The van der Waals surface area contributed by atoms with Crippen molar-refractivity contribution in [3.05, 3.63) is 35.9 Å². The molecule has 1 atom stereocenters. The fraction of sp³-hybridized carbons (Fsp3) is 0.647. The van der Waals surface area contributed by atoms with Crippen molar-refractivity contribution in [3.63, 3.8) is 0 Å². The average molecular weight is 260 g/mol. The first-order chi connectivity index (χ1) is 9.35. The summed E-state index contributed by atoms with van der Waals surface area (Å²) >= 11 is 0. The van der Waals surface area contributed by atoms with Crippen molar-refractivity contribution in [2.24, 2.45) is 0 Å². The molecule has 0 saturated heterocycles. The fourth-order valence-electron chi connectivity index (χ4n) is 2.68. The van der Waals surface area contributed by atoms with E-state index in [-0.39, 0.29) is 0 Å². The van der Waals surface area contributed by atoms with Gasteiger partial charge in [0.15, 0.2) is 0 Å². The van der Waals surface area contributed by atoms with Gasteiger partial charge in [-0.3, -0.25) is 4.90 Å². The molecule has 1 aromatic carbocycles. The fourth-order valence-corrected chi connectivity index (χ4v) is 2.68. The lowest BCUT2D eigenvalue weighted by atomic mass is 10.1. The van der Waals surface area contributed by atoms with E-state index in [4.69, 9.17) is 0 Å². The molecule has 2 nitrogen and oxygen atoms in total. The third-order valence-corrected chi connectivity index (χ3v) is 3.93. The first kappa shape index (κ1) is 14.5. The van der Waals surface area contributed by atoms with E-state index < -0.39 is 0 Å². The average Bonchev–Trinajstić information content (AvgIpc) is 3.28. The van der Waals surface area contributed by atoms with Crippen LogP contribution >= 0.6 is 0 Å². The molecule has 2 rings (SSSR count). The second-order valence-corrected chi connectivity index (χ2v) is 5.60. The highest BCUT2D eigenvalue weighted by Gasteiger charge is 2.30. The molecule has 1 aliphatic rings. The van der Waals surface area contributed by atoms with Gasteiger partial charge in [0.1, 0.15) is 0 Å². The van der Waals surface area contributed by atoms with E-state index in [0.717, 1.165) is 19.1 Å². The Morgan fingerprint density at radius 3 is 2.53 bits per heavy atom. The Labute approximate surface area is 118 Å². The van der Waals surface area contributed by atoms with E-state index >= 15 is 0 Å². The van der Waals surface area contributed by atoms with Crippen molar-refractivity contribution in [1.82, 2.24) is 10.2 Å². The van der Waals surface area contributed by atoms with Crippen molar-refractivity contribution in [3.8, 4) is 0 Å². The van der Waals surface area contributed by atoms with Crippen molar-refractivity contribution < 1.29 is 0 Å². The first-order valence-corrected chi connectivity index (χ1v) is 7.87. The van der Waals surface area contributed by atoms with Gasteiger partial charge in [-0.15, -0.1) is 0 Å². The molecule has 1 fully saturated rings. The number of benzene rings is 1. The van der Waals surface area contributed by atoms with Crippen LogP contribution in [-0.2, 0) is 0 Å². The van der Waals surface area contributed by atoms with E-state index in [1.54, 1.807) is 0 Å². The van der Waals surface area contributed by atoms with Gasteiger partial charge in [-0.25, -0.2) is 0 Å². The predicted octanol–water partition coefficient (Wildman–Crippen LogP) is 3.60. The summed E-state index contributed by atoms with van der Waals surface area (Å²) in [5, 5.41) is 3.65. The number of unbranched alkanes of at least 4 members (excludes halogenated alkanes) is 1. The summed E-state index contributed by atoms with van der Waals surface area (Å²) in [5.41, 5.74) is 1.42. The highest BCUT2D eigenvalue weighted by atomic mass is 15.2. The second kappa shape index (κ2) is 7.66. The zero-order valence-electron chi connectivity index (χ0n) is 12.4. The zero-order chi connectivity index (χ0) is 13.5. The van der Waals surface area contributed by atoms with E-state index in [9.17, 15) is 0 Å². The molecule has 1 N–H and O–H groups in total. The minimum absolute atomic E-state index is 0.476. The maximum atomic E-state index is 3.65. The molecule has 2 heteroatoms. The van der Waals surface area contributed by atoms with Gasteiger partial charge < -0.3 is 5.32 Å². The van der Waals surface area contributed by atoms with E-state index in [2.05, 4.69) is 54.4 Å². The lowest BCUT2D eigenvalue weighted by Crippen LogP contribution is -2.37. The molecule has 106 valence electrons. The van der Waals surface area contributed by atoms with Gasteiger partial charge >= 0.3 is 0 Å². The van der Waals surface area contributed by atoms with Gasteiger partial charge in [-0.2, -0.15) is 0 Å². The molecule has 1 aliphatic carbocycles. The lowest BCUT2D eigenvalue weighted by molar-refractivity contribution is 0.230. The highest BCUT2D eigenvalue weighted by molar-refractivity contribution is 5.19. The van der Waals surface area contributed by atoms with Gasteiger partial charge in [0, 0.05) is 18.6 Å². The number of rotatable bonds is 9.